The van der Waals surface area contributed by atoms with E-state index < -0.39 is 21.7 Å². The summed E-state index contributed by atoms with van der Waals surface area (Å²) in [6, 6.07) is 3.09. The maximum absolute atomic E-state index is 13.4. The molecule has 25 heavy (non-hydrogen) atoms. The fourth-order valence-electron chi connectivity index (χ4n) is 2.87. The highest BCUT2D eigenvalue weighted by molar-refractivity contribution is 7.89. The largest absolute Gasteiger partial charge is 0.312 e. The zero-order chi connectivity index (χ0) is 18.0. The maximum Gasteiger partial charge on any atom is 0.211 e. The van der Waals surface area contributed by atoms with Gasteiger partial charge >= 0.3 is 0 Å². The predicted molar refractivity (Wildman–Crippen MR) is 94.0 cm³/mol. The third-order valence-electron chi connectivity index (χ3n) is 4.15. The Labute approximate surface area is 149 Å². The van der Waals surface area contributed by atoms with Crippen molar-refractivity contribution in [2.45, 2.75) is 31.8 Å². The van der Waals surface area contributed by atoms with E-state index in [0.29, 0.717) is 17.0 Å². The van der Waals surface area contributed by atoms with Gasteiger partial charge in [0.15, 0.2) is 0 Å². The monoisotopic (exact) mass is 387 g/mol. The summed E-state index contributed by atoms with van der Waals surface area (Å²) in [5.41, 5.74) is 1.17. The van der Waals surface area contributed by atoms with Crippen LogP contribution >= 0.6 is 11.3 Å². The first-order valence-corrected chi connectivity index (χ1v) is 10.5. The Kier molecular flexibility index (Phi) is 5.47. The van der Waals surface area contributed by atoms with Crippen LogP contribution in [0.25, 0.3) is 10.6 Å². The van der Waals surface area contributed by atoms with Crippen LogP contribution in [0, 0.1) is 11.6 Å². The predicted octanol–water partition coefficient (Wildman–Crippen LogP) is 2.30. The molecule has 2 atom stereocenters. The van der Waals surface area contributed by atoms with Crippen LogP contribution in [0.4, 0.5) is 8.78 Å². The van der Waals surface area contributed by atoms with Crippen molar-refractivity contribution in [3.05, 3.63) is 40.9 Å². The van der Waals surface area contributed by atoms with Crippen LogP contribution in [0.2, 0.25) is 0 Å². The molecule has 0 radical (unpaired) electrons. The van der Waals surface area contributed by atoms with Crippen molar-refractivity contribution in [2.75, 3.05) is 12.3 Å². The highest BCUT2D eigenvalue weighted by Gasteiger charge is 2.30. The summed E-state index contributed by atoms with van der Waals surface area (Å²) in [6.45, 7) is 2.33. The fourth-order valence-corrected chi connectivity index (χ4v) is 4.60. The van der Waals surface area contributed by atoms with E-state index in [1.807, 2.05) is 5.38 Å². The summed E-state index contributed by atoms with van der Waals surface area (Å²) in [5.74, 6) is -1.24. The van der Waals surface area contributed by atoms with Gasteiger partial charge in [0.25, 0.3) is 0 Å². The smallest absolute Gasteiger partial charge is 0.211 e. The van der Waals surface area contributed by atoms with E-state index in [2.05, 4.69) is 15.0 Å². The van der Waals surface area contributed by atoms with Crippen molar-refractivity contribution in [1.29, 1.82) is 0 Å². The van der Waals surface area contributed by atoms with Crippen LogP contribution < -0.4 is 10.0 Å². The molecular weight excluding hydrogens is 368 g/mol. The van der Waals surface area contributed by atoms with Crippen molar-refractivity contribution >= 4 is 21.4 Å². The Morgan fingerprint density at radius 3 is 2.72 bits per heavy atom. The van der Waals surface area contributed by atoms with Gasteiger partial charge in [-0.3, -0.25) is 0 Å². The summed E-state index contributed by atoms with van der Waals surface area (Å²) in [7, 11) is -3.27. The minimum atomic E-state index is -3.27. The lowest BCUT2D eigenvalue weighted by Gasteiger charge is -2.19. The number of sulfonamides is 1. The van der Waals surface area contributed by atoms with E-state index in [9.17, 15) is 17.2 Å². The molecule has 0 bridgehead atoms. The van der Waals surface area contributed by atoms with Gasteiger partial charge in [-0.05, 0) is 32.0 Å². The molecule has 1 aromatic carbocycles. The first-order chi connectivity index (χ1) is 11.9. The van der Waals surface area contributed by atoms with Crippen molar-refractivity contribution in [1.82, 2.24) is 15.0 Å². The number of thiazole rings is 1. The van der Waals surface area contributed by atoms with Crippen molar-refractivity contribution in [3.63, 3.8) is 0 Å². The third kappa shape index (κ3) is 4.60. The van der Waals surface area contributed by atoms with E-state index in [4.69, 9.17) is 0 Å². The SMILES string of the molecule is CCS(=O)(=O)N[C@@H]1CCN[C@@H]1Cc1csc(-c2cc(F)cc(F)c2)n1. The molecule has 1 aliphatic heterocycles. The molecule has 0 unspecified atom stereocenters. The highest BCUT2D eigenvalue weighted by Crippen LogP contribution is 2.26. The van der Waals surface area contributed by atoms with Crippen LogP contribution in [-0.2, 0) is 16.4 Å². The number of hydrogen-bond acceptors (Lipinski definition) is 5. The average Bonchev–Trinajstić information content (AvgIpc) is 3.17. The van der Waals surface area contributed by atoms with Crippen molar-refractivity contribution < 1.29 is 17.2 Å². The van der Waals surface area contributed by atoms with Gasteiger partial charge in [0.1, 0.15) is 16.6 Å². The molecule has 0 spiro atoms. The number of nitrogens with zero attached hydrogens (tertiary/aromatic N) is 1. The van der Waals surface area contributed by atoms with Crippen LogP contribution in [0.15, 0.2) is 23.6 Å². The lowest BCUT2D eigenvalue weighted by Crippen LogP contribution is -2.45. The third-order valence-corrected chi connectivity index (χ3v) is 6.51. The molecule has 2 heterocycles. The Balaban J connectivity index is 1.72. The van der Waals surface area contributed by atoms with Gasteiger partial charge in [-0.1, -0.05) is 0 Å². The van der Waals surface area contributed by atoms with Gasteiger partial charge in [0.2, 0.25) is 10.0 Å². The summed E-state index contributed by atoms with van der Waals surface area (Å²) < 4.78 is 53.0. The zero-order valence-electron chi connectivity index (χ0n) is 13.6. The van der Waals surface area contributed by atoms with E-state index >= 15 is 0 Å². The number of nitrogens with one attached hydrogen (secondary N) is 2. The van der Waals surface area contributed by atoms with Crippen LogP contribution in [0.1, 0.15) is 19.0 Å². The molecule has 9 heteroatoms. The molecule has 1 fully saturated rings. The maximum atomic E-state index is 13.4. The number of aromatic nitrogens is 1. The molecule has 0 amide bonds. The Hall–Kier alpha value is -1.42. The quantitative estimate of drug-likeness (QED) is 0.798. The van der Waals surface area contributed by atoms with E-state index in [-0.39, 0.29) is 17.8 Å². The van der Waals surface area contributed by atoms with E-state index in [1.165, 1.54) is 23.5 Å². The first-order valence-electron chi connectivity index (χ1n) is 8.00. The molecule has 0 saturated carbocycles. The summed E-state index contributed by atoms with van der Waals surface area (Å²) >= 11 is 1.31. The number of hydrogen-bond donors (Lipinski definition) is 2. The molecule has 3 rings (SSSR count). The van der Waals surface area contributed by atoms with Crippen molar-refractivity contribution in [3.8, 4) is 10.6 Å². The van der Waals surface area contributed by atoms with E-state index in [1.54, 1.807) is 6.92 Å². The molecule has 1 saturated heterocycles. The zero-order valence-corrected chi connectivity index (χ0v) is 15.3. The molecule has 136 valence electrons. The molecular formula is C16H19F2N3O2S2. The molecule has 0 aliphatic carbocycles. The second-order valence-corrected chi connectivity index (χ2v) is 8.88. The van der Waals surface area contributed by atoms with Crippen molar-refractivity contribution in [2.24, 2.45) is 0 Å². The van der Waals surface area contributed by atoms with Crippen LogP contribution in [0.3, 0.4) is 0 Å². The number of rotatable bonds is 6. The first kappa shape index (κ1) is 18.4. The van der Waals surface area contributed by atoms with Crippen LogP contribution in [-0.4, -0.2) is 37.8 Å². The molecule has 1 aromatic heterocycles. The van der Waals surface area contributed by atoms with Crippen LogP contribution in [0.5, 0.6) is 0 Å². The van der Waals surface area contributed by atoms with E-state index in [0.717, 1.165) is 24.7 Å². The van der Waals surface area contributed by atoms with Gasteiger partial charge in [-0.25, -0.2) is 26.9 Å². The fraction of sp³-hybridized carbons (Fsp3) is 0.438. The second kappa shape index (κ2) is 7.45. The normalized spacial score (nSPS) is 20.9. The molecule has 1 aliphatic rings. The highest BCUT2D eigenvalue weighted by atomic mass is 32.2. The summed E-state index contributed by atoms with van der Waals surface area (Å²) in [6.07, 6.45) is 1.27. The van der Waals surface area contributed by atoms with Gasteiger partial charge < -0.3 is 5.32 Å². The Morgan fingerprint density at radius 1 is 1.32 bits per heavy atom. The van der Waals surface area contributed by atoms with Gasteiger partial charge in [0, 0.05) is 35.5 Å². The van der Waals surface area contributed by atoms with Gasteiger partial charge in [-0.2, -0.15) is 0 Å². The Morgan fingerprint density at radius 2 is 2.04 bits per heavy atom. The minimum absolute atomic E-state index is 0.0439. The molecule has 5 nitrogen and oxygen atoms in total. The topological polar surface area (TPSA) is 71.1 Å². The average molecular weight is 387 g/mol. The van der Waals surface area contributed by atoms with Gasteiger partial charge in [0.05, 0.1) is 11.4 Å². The van der Waals surface area contributed by atoms with Gasteiger partial charge in [-0.15, -0.1) is 11.3 Å². The Bertz CT molecular complexity index is 835. The standard InChI is InChI=1S/C16H19F2N3O2S2/c1-2-25(22,23)21-14-3-4-19-15(14)8-13-9-24-16(20-13)10-5-11(17)7-12(18)6-10/h5-7,9,14-15,19,21H,2-4,8H2,1H3/t14-,15-/m1/s1. The molecule has 2 aromatic rings. The lowest BCUT2D eigenvalue weighted by atomic mass is 10.1. The second-order valence-electron chi connectivity index (χ2n) is 5.98. The molecule has 2 N–H and O–H groups in total. The summed E-state index contributed by atoms with van der Waals surface area (Å²) in [4.78, 5) is 4.45. The minimum Gasteiger partial charge on any atom is -0.312 e. The lowest BCUT2D eigenvalue weighted by molar-refractivity contribution is 0.489. The number of halogens is 2. The number of benzene rings is 1. The summed E-state index contributed by atoms with van der Waals surface area (Å²) in [5, 5.41) is 5.66.